The molecular formula is C13H11FN2O4. The van der Waals surface area contributed by atoms with E-state index in [0.717, 1.165) is 7.11 Å². The molecular weight excluding hydrogens is 267 g/mol. The van der Waals surface area contributed by atoms with Crippen molar-refractivity contribution in [1.82, 2.24) is 10.2 Å². The molecule has 0 saturated heterocycles. The third-order valence-electron chi connectivity index (χ3n) is 2.66. The first kappa shape index (κ1) is 13.7. The van der Waals surface area contributed by atoms with E-state index in [0.29, 0.717) is 5.56 Å². The number of aromatic amines is 1. The Morgan fingerprint density at radius 3 is 2.65 bits per heavy atom. The van der Waals surface area contributed by atoms with Crippen LogP contribution >= 0.6 is 0 Å². The maximum atomic E-state index is 13.6. The predicted molar refractivity (Wildman–Crippen MR) is 68.1 cm³/mol. The van der Waals surface area contributed by atoms with Gasteiger partial charge in [-0.1, -0.05) is 0 Å². The molecule has 7 heteroatoms. The minimum absolute atomic E-state index is 0.0892. The Hall–Kier alpha value is -2.70. The summed E-state index contributed by atoms with van der Waals surface area (Å²) >= 11 is 0. The molecule has 1 heterocycles. The van der Waals surface area contributed by atoms with Gasteiger partial charge in [0.25, 0.3) is 5.56 Å². The van der Waals surface area contributed by atoms with E-state index in [1.54, 1.807) is 6.07 Å². The third-order valence-corrected chi connectivity index (χ3v) is 2.66. The van der Waals surface area contributed by atoms with E-state index in [1.807, 2.05) is 0 Å². The van der Waals surface area contributed by atoms with Crippen LogP contribution in [0, 0.1) is 5.82 Å². The Balaban J connectivity index is 2.51. The number of ether oxygens (including phenoxy) is 2. The highest BCUT2D eigenvalue weighted by molar-refractivity contribution is 5.89. The van der Waals surface area contributed by atoms with Gasteiger partial charge in [0.15, 0.2) is 11.6 Å². The molecule has 0 bridgehead atoms. The normalized spacial score (nSPS) is 10.2. The van der Waals surface area contributed by atoms with Gasteiger partial charge in [0, 0.05) is 5.56 Å². The van der Waals surface area contributed by atoms with Crippen LogP contribution in [0.4, 0.5) is 4.39 Å². The summed E-state index contributed by atoms with van der Waals surface area (Å²) in [4.78, 5) is 22.9. The zero-order chi connectivity index (χ0) is 14.7. The molecule has 1 N–H and O–H groups in total. The van der Waals surface area contributed by atoms with Gasteiger partial charge in [-0.25, -0.2) is 14.3 Å². The van der Waals surface area contributed by atoms with Crippen LogP contribution in [0.15, 0.2) is 29.1 Å². The largest absolute Gasteiger partial charge is 0.494 e. The molecule has 104 valence electrons. The van der Waals surface area contributed by atoms with Crippen LogP contribution in [0.25, 0.3) is 11.3 Å². The fourth-order valence-corrected chi connectivity index (χ4v) is 1.64. The fraction of sp³-hybridized carbons (Fsp3) is 0.154. The number of carbonyl (C=O) groups excluding carboxylic acids is 1. The minimum Gasteiger partial charge on any atom is -0.494 e. The van der Waals surface area contributed by atoms with Gasteiger partial charge in [-0.05, 0) is 24.3 Å². The molecule has 2 rings (SSSR count). The highest BCUT2D eigenvalue weighted by Crippen LogP contribution is 2.23. The number of esters is 1. The lowest BCUT2D eigenvalue weighted by atomic mass is 10.1. The van der Waals surface area contributed by atoms with Gasteiger partial charge in [-0.2, -0.15) is 5.10 Å². The molecule has 1 aromatic heterocycles. The van der Waals surface area contributed by atoms with Crippen molar-refractivity contribution in [2.75, 3.05) is 14.2 Å². The maximum absolute atomic E-state index is 13.6. The van der Waals surface area contributed by atoms with E-state index in [4.69, 9.17) is 4.74 Å². The summed E-state index contributed by atoms with van der Waals surface area (Å²) in [6.45, 7) is 0. The Labute approximate surface area is 113 Å². The predicted octanol–water partition coefficient (Wildman–Crippen LogP) is 1.37. The molecule has 0 amide bonds. The maximum Gasteiger partial charge on any atom is 0.343 e. The number of hydrogen-bond acceptors (Lipinski definition) is 5. The summed E-state index contributed by atoms with van der Waals surface area (Å²) in [7, 11) is 2.51. The smallest absolute Gasteiger partial charge is 0.343 e. The fourth-order valence-electron chi connectivity index (χ4n) is 1.64. The van der Waals surface area contributed by atoms with Crippen LogP contribution in [0.5, 0.6) is 5.75 Å². The lowest BCUT2D eigenvalue weighted by Crippen LogP contribution is -2.20. The first-order chi connectivity index (χ1) is 9.56. The van der Waals surface area contributed by atoms with Gasteiger partial charge in [0.2, 0.25) is 0 Å². The molecule has 0 fully saturated rings. The van der Waals surface area contributed by atoms with Gasteiger partial charge in [-0.15, -0.1) is 0 Å². The van der Waals surface area contributed by atoms with E-state index >= 15 is 0 Å². The molecule has 0 aliphatic rings. The number of halogens is 1. The average molecular weight is 278 g/mol. The molecule has 1 aromatic carbocycles. The van der Waals surface area contributed by atoms with Gasteiger partial charge in [-0.3, -0.25) is 4.79 Å². The van der Waals surface area contributed by atoms with Gasteiger partial charge >= 0.3 is 5.97 Å². The molecule has 0 aliphatic heterocycles. The van der Waals surface area contributed by atoms with E-state index in [2.05, 4.69) is 14.9 Å². The van der Waals surface area contributed by atoms with Crippen molar-refractivity contribution in [2.45, 2.75) is 0 Å². The topological polar surface area (TPSA) is 81.3 Å². The monoisotopic (exact) mass is 278 g/mol. The first-order valence-electron chi connectivity index (χ1n) is 5.58. The minimum atomic E-state index is -0.788. The molecule has 0 spiro atoms. The van der Waals surface area contributed by atoms with Crippen LogP contribution in [-0.4, -0.2) is 30.4 Å². The van der Waals surface area contributed by atoms with Crippen molar-refractivity contribution >= 4 is 5.97 Å². The molecule has 6 nitrogen and oxygen atoms in total. The van der Waals surface area contributed by atoms with Crippen LogP contribution in [0.1, 0.15) is 10.4 Å². The Bertz CT molecular complexity index is 712. The second-order valence-electron chi connectivity index (χ2n) is 3.84. The van der Waals surface area contributed by atoms with Crippen molar-refractivity contribution in [3.8, 4) is 17.0 Å². The Morgan fingerprint density at radius 1 is 1.30 bits per heavy atom. The third kappa shape index (κ3) is 2.51. The standard InChI is InChI=1S/C13H11FN2O4/c1-19-11-4-3-7(5-9(11)14)10-6-8(13(18)20-2)12(17)16-15-10/h3-6H,1-2H3,(H,16,17). The van der Waals surface area contributed by atoms with E-state index in [9.17, 15) is 14.0 Å². The van der Waals surface area contributed by atoms with Crippen LogP contribution < -0.4 is 10.3 Å². The van der Waals surface area contributed by atoms with E-state index in [1.165, 1.54) is 25.3 Å². The van der Waals surface area contributed by atoms with Crippen molar-refractivity contribution in [1.29, 1.82) is 0 Å². The quantitative estimate of drug-likeness (QED) is 0.857. The van der Waals surface area contributed by atoms with Crippen LogP contribution in [-0.2, 0) is 4.74 Å². The van der Waals surface area contributed by atoms with Crippen LogP contribution in [0.3, 0.4) is 0 Å². The number of carbonyl (C=O) groups is 1. The lowest BCUT2D eigenvalue weighted by Gasteiger charge is -2.05. The molecule has 0 unspecified atom stereocenters. The van der Waals surface area contributed by atoms with E-state index in [-0.39, 0.29) is 17.0 Å². The summed E-state index contributed by atoms with van der Waals surface area (Å²) in [5.74, 6) is -1.27. The van der Waals surface area contributed by atoms with Crippen molar-refractivity contribution in [3.63, 3.8) is 0 Å². The molecule has 20 heavy (non-hydrogen) atoms. The molecule has 0 aliphatic carbocycles. The SMILES string of the molecule is COC(=O)c1cc(-c2ccc(OC)c(F)c2)n[nH]c1=O. The van der Waals surface area contributed by atoms with Crippen molar-refractivity contribution in [2.24, 2.45) is 0 Å². The second kappa shape index (κ2) is 5.52. The van der Waals surface area contributed by atoms with Crippen LogP contribution in [0.2, 0.25) is 0 Å². The Morgan fingerprint density at radius 2 is 2.05 bits per heavy atom. The zero-order valence-corrected chi connectivity index (χ0v) is 10.8. The summed E-state index contributed by atoms with van der Waals surface area (Å²) in [5, 5.41) is 5.94. The molecule has 2 aromatic rings. The lowest BCUT2D eigenvalue weighted by molar-refractivity contribution is 0.0598. The average Bonchev–Trinajstić information content (AvgIpc) is 2.47. The number of H-pyrrole nitrogens is 1. The number of rotatable bonds is 3. The highest BCUT2D eigenvalue weighted by atomic mass is 19.1. The number of nitrogens with one attached hydrogen (secondary N) is 1. The molecule has 0 atom stereocenters. The van der Waals surface area contributed by atoms with Gasteiger partial charge in [0.05, 0.1) is 19.9 Å². The summed E-state index contributed by atoms with van der Waals surface area (Å²) < 4.78 is 22.9. The van der Waals surface area contributed by atoms with Gasteiger partial charge < -0.3 is 9.47 Å². The summed E-state index contributed by atoms with van der Waals surface area (Å²) in [6, 6.07) is 5.42. The molecule has 0 saturated carbocycles. The first-order valence-corrected chi connectivity index (χ1v) is 5.58. The number of benzene rings is 1. The van der Waals surface area contributed by atoms with Gasteiger partial charge in [0.1, 0.15) is 5.56 Å². The summed E-state index contributed by atoms with van der Waals surface area (Å²) in [6.07, 6.45) is 0. The zero-order valence-electron chi connectivity index (χ0n) is 10.8. The summed E-state index contributed by atoms with van der Waals surface area (Å²) in [5.41, 5.74) is -0.237. The second-order valence-corrected chi connectivity index (χ2v) is 3.84. The van der Waals surface area contributed by atoms with E-state index < -0.39 is 17.3 Å². The highest BCUT2D eigenvalue weighted by Gasteiger charge is 2.14. The molecule has 0 radical (unpaired) electrons. The number of aromatic nitrogens is 2. The van der Waals surface area contributed by atoms with Crippen molar-refractivity contribution < 1.29 is 18.7 Å². The Kier molecular flexibility index (Phi) is 3.79. The number of nitrogens with zero attached hydrogens (tertiary/aromatic N) is 1. The number of methoxy groups -OCH3 is 2. The van der Waals surface area contributed by atoms with Crippen molar-refractivity contribution in [3.05, 3.63) is 46.0 Å². The number of hydrogen-bond donors (Lipinski definition) is 1.